The van der Waals surface area contributed by atoms with Crippen LogP contribution in [0.5, 0.6) is 0 Å². The Hall–Kier alpha value is -0.530. The van der Waals surface area contributed by atoms with Crippen LogP contribution in [-0.4, -0.2) is 6.04 Å². The largest absolute Gasteiger partial charge is 0.307 e. The van der Waals surface area contributed by atoms with E-state index >= 15 is 0 Å². The topological polar surface area (TPSA) is 12.0 Å². The van der Waals surface area contributed by atoms with Crippen molar-refractivity contribution in [2.24, 2.45) is 0 Å². The lowest BCUT2D eigenvalue weighted by atomic mass is 10.0. The van der Waals surface area contributed by atoms with Gasteiger partial charge in [0.05, 0.1) is 0 Å². The molecular weight excluding hydrogens is 230 g/mol. The molecule has 1 atom stereocenters. The monoisotopic (exact) mass is 253 g/mol. The maximum atomic E-state index is 5.90. The Balaban J connectivity index is 2.56. The zero-order valence-electron chi connectivity index (χ0n) is 11.2. The van der Waals surface area contributed by atoms with E-state index in [4.69, 9.17) is 11.6 Å². The highest BCUT2D eigenvalue weighted by atomic mass is 35.5. The van der Waals surface area contributed by atoms with E-state index < -0.39 is 0 Å². The van der Waals surface area contributed by atoms with Crippen LogP contribution in [0.2, 0.25) is 5.02 Å². The van der Waals surface area contributed by atoms with Gasteiger partial charge < -0.3 is 5.32 Å². The van der Waals surface area contributed by atoms with Crippen LogP contribution in [0.15, 0.2) is 24.3 Å². The predicted molar refractivity (Wildman–Crippen MR) is 76.6 cm³/mol. The van der Waals surface area contributed by atoms with Crippen LogP contribution in [0.25, 0.3) is 0 Å². The summed E-state index contributed by atoms with van der Waals surface area (Å²) in [5, 5.41) is 4.52. The molecule has 0 saturated heterocycles. The molecule has 1 N–H and O–H groups in total. The molecule has 0 spiro atoms. The molecule has 1 nitrogen and oxygen atoms in total. The highest BCUT2D eigenvalue weighted by molar-refractivity contribution is 6.30. The average molecular weight is 254 g/mol. The van der Waals surface area contributed by atoms with Gasteiger partial charge in [0.1, 0.15) is 0 Å². The lowest BCUT2D eigenvalue weighted by Gasteiger charge is -2.23. The molecule has 1 unspecified atom stereocenters. The van der Waals surface area contributed by atoms with Crippen LogP contribution in [-0.2, 0) is 0 Å². The molecule has 2 heteroatoms. The fourth-order valence-corrected chi connectivity index (χ4v) is 2.34. The molecule has 0 heterocycles. The van der Waals surface area contributed by atoms with Gasteiger partial charge in [-0.1, -0.05) is 50.4 Å². The van der Waals surface area contributed by atoms with Crippen LogP contribution in [0.4, 0.5) is 0 Å². The van der Waals surface area contributed by atoms with E-state index in [1.807, 2.05) is 12.1 Å². The summed E-state index contributed by atoms with van der Waals surface area (Å²) in [6.45, 7) is 6.72. The van der Waals surface area contributed by atoms with Crippen LogP contribution >= 0.6 is 11.6 Å². The minimum atomic E-state index is 0.398. The van der Waals surface area contributed by atoms with Gasteiger partial charge in [0.2, 0.25) is 0 Å². The zero-order chi connectivity index (χ0) is 12.7. The molecule has 0 fully saturated rings. The second kappa shape index (κ2) is 7.73. The minimum absolute atomic E-state index is 0.398. The fraction of sp³-hybridized carbons (Fsp3) is 0.600. The summed E-state index contributed by atoms with van der Waals surface area (Å²) in [5.41, 5.74) is 1.31. The molecule has 0 radical (unpaired) electrons. The van der Waals surface area contributed by atoms with Crippen molar-refractivity contribution in [1.29, 1.82) is 0 Å². The smallest absolute Gasteiger partial charge is 0.0406 e. The Morgan fingerprint density at radius 3 is 2.06 bits per heavy atom. The Morgan fingerprint density at radius 1 is 1.06 bits per heavy atom. The molecule has 96 valence electrons. The number of hydrogen-bond acceptors (Lipinski definition) is 1. The second-order valence-corrected chi connectivity index (χ2v) is 5.15. The van der Waals surface area contributed by atoms with Crippen LogP contribution in [0, 0.1) is 0 Å². The summed E-state index contributed by atoms with van der Waals surface area (Å²) in [4.78, 5) is 0. The van der Waals surface area contributed by atoms with Crippen molar-refractivity contribution in [3.05, 3.63) is 34.9 Å². The van der Waals surface area contributed by atoms with Crippen molar-refractivity contribution < 1.29 is 0 Å². The van der Waals surface area contributed by atoms with Crippen molar-refractivity contribution in [1.82, 2.24) is 5.32 Å². The minimum Gasteiger partial charge on any atom is -0.307 e. The van der Waals surface area contributed by atoms with Gasteiger partial charge in [-0.3, -0.25) is 0 Å². The van der Waals surface area contributed by atoms with Crippen molar-refractivity contribution in [3.63, 3.8) is 0 Å². The predicted octanol–water partition coefficient (Wildman–Crippen LogP) is 4.96. The Labute approximate surface area is 111 Å². The molecular formula is C15H24ClN. The van der Waals surface area contributed by atoms with Gasteiger partial charge in [-0.15, -0.1) is 0 Å². The Morgan fingerprint density at radius 2 is 1.59 bits per heavy atom. The highest BCUT2D eigenvalue weighted by Gasteiger charge is 2.11. The first-order valence-corrected chi connectivity index (χ1v) is 7.06. The van der Waals surface area contributed by atoms with Crippen molar-refractivity contribution in [3.8, 4) is 0 Å². The third kappa shape index (κ3) is 5.10. The summed E-state index contributed by atoms with van der Waals surface area (Å²) in [6, 6.07) is 9.17. The molecule has 17 heavy (non-hydrogen) atoms. The van der Waals surface area contributed by atoms with Crippen molar-refractivity contribution in [2.75, 3.05) is 0 Å². The zero-order valence-corrected chi connectivity index (χ0v) is 11.9. The van der Waals surface area contributed by atoms with Crippen LogP contribution < -0.4 is 5.32 Å². The van der Waals surface area contributed by atoms with E-state index in [0.717, 1.165) is 5.02 Å². The van der Waals surface area contributed by atoms with Gasteiger partial charge in [-0.25, -0.2) is 0 Å². The molecule has 1 aromatic rings. The van der Waals surface area contributed by atoms with E-state index in [-0.39, 0.29) is 0 Å². The average Bonchev–Trinajstić information content (AvgIpc) is 2.30. The summed E-state index contributed by atoms with van der Waals surface area (Å²) in [5.74, 6) is 0. The summed E-state index contributed by atoms with van der Waals surface area (Å²) in [7, 11) is 0. The maximum Gasteiger partial charge on any atom is 0.0406 e. The number of nitrogens with one attached hydrogen (secondary N) is 1. The molecule has 0 bridgehead atoms. The number of benzene rings is 1. The lowest BCUT2D eigenvalue weighted by molar-refractivity contribution is 0.402. The Kier molecular flexibility index (Phi) is 6.61. The van der Waals surface area contributed by atoms with Crippen LogP contribution in [0.1, 0.15) is 58.1 Å². The lowest BCUT2D eigenvalue weighted by Crippen LogP contribution is -2.31. The summed E-state index contributed by atoms with van der Waals surface area (Å²) < 4.78 is 0. The normalized spacial score (nSPS) is 13.0. The second-order valence-electron chi connectivity index (χ2n) is 4.71. The number of rotatable bonds is 7. The first-order valence-electron chi connectivity index (χ1n) is 6.68. The first-order chi connectivity index (χ1) is 8.17. The molecule has 1 rings (SSSR count). The van der Waals surface area contributed by atoms with Gasteiger partial charge in [0.15, 0.2) is 0 Å². The van der Waals surface area contributed by atoms with E-state index in [0.29, 0.717) is 12.1 Å². The van der Waals surface area contributed by atoms with Crippen molar-refractivity contribution >= 4 is 11.6 Å². The molecule has 0 aliphatic carbocycles. The molecule has 0 aliphatic rings. The molecule has 0 saturated carbocycles. The molecule has 0 amide bonds. The summed E-state index contributed by atoms with van der Waals surface area (Å²) >= 11 is 5.90. The standard InChI is InChI=1S/C15H24ClN/c1-4-6-15(7-5-2)17-12(3)13-8-10-14(16)11-9-13/h8-12,15,17H,4-7H2,1-3H3. The maximum absolute atomic E-state index is 5.90. The fourth-order valence-electron chi connectivity index (χ4n) is 2.21. The Bertz CT molecular complexity index is 301. The van der Waals surface area contributed by atoms with E-state index in [1.54, 1.807) is 0 Å². The van der Waals surface area contributed by atoms with Gasteiger partial charge in [-0.05, 0) is 37.5 Å². The van der Waals surface area contributed by atoms with Gasteiger partial charge in [-0.2, -0.15) is 0 Å². The highest BCUT2D eigenvalue weighted by Crippen LogP contribution is 2.18. The van der Waals surface area contributed by atoms with Crippen LogP contribution in [0.3, 0.4) is 0 Å². The van der Waals surface area contributed by atoms with E-state index in [1.165, 1.54) is 31.2 Å². The third-order valence-electron chi connectivity index (χ3n) is 3.13. The van der Waals surface area contributed by atoms with Gasteiger partial charge in [0.25, 0.3) is 0 Å². The summed E-state index contributed by atoms with van der Waals surface area (Å²) in [6.07, 6.45) is 4.99. The number of halogens is 1. The first kappa shape index (κ1) is 14.5. The SMILES string of the molecule is CCCC(CCC)NC(C)c1ccc(Cl)cc1. The molecule has 1 aromatic carbocycles. The van der Waals surface area contributed by atoms with E-state index in [2.05, 4.69) is 38.2 Å². The molecule has 0 aromatic heterocycles. The van der Waals surface area contributed by atoms with Gasteiger partial charge in [0, 0.05) is 17.1 Å². The van der Waals surface area contributed by atoms with E-state index in [9.17, 15) is 0 Å². The van der Waals surface area contributed by atoms with Gasteiger partial charge >= 0.3 is 0 Å². The number of hydrogen-bond donors (Lipinski definition) is 1. The van der Waals surface area contributed by atoms with Crippen molar-refractivity contribution in [2.45, 2.75) is 58.5 Å². The quantitative estimate of drug-likeness (QED) is 0.724. The third-order valence-corrected chi connectivity index (χ3v) is 3.38. The molecule has 0 aliphatic heterocycles.